The number of unbranched alkanes of at least 4 members (excludes halogenated alkanes) is 8. The fraction of sp³-hybridized carbons (Fsp3) is 0.423. The van der Waals surface area contributed by atoms with Gasteiger partial charge in [-0.25, -0.2) is 4.90 Å². The molecule has 2 aromatic carbocycles. The number of nitrogens with one attached hydrogen (secondary N) is 1. The van der Waals surface area contributed by atoms with Gasteiger partial charge in [0.1, 0.15) is 0 Å². The van der Waals surface area contributed by atoms with E-state index in [4.69, 9.17) is 0 Å². The van der Waals surface area contributed by atoms with E-state index in [9.17, 15) is 14.4 Å². The van der Waals surface area contributed by atoms with Crippen molar-refractivity contribution in [1.82, 2.24) is 0 Å². The summed E-state index contributed by atoms with van der Waals surface area (Å²) in [4.78, 5) is 39.0. The zero-order chi connectivity index (χ0) is 22.9. The molecule has 1 aliphatic rings. The van der Waals surface area contributed by atoms with Gasteiger partial charge in [-0.15, -0.1) is 0 Å². The highest BCUT2D eigenvalue weighted by molar-refractivity contribution is 9.10. The van der Waals surface area contributed by atoms with Gasteiger partial charge in [0.05, 0.1) is 16.8 Å². The molecule has 0 aromatic heterocycles. The molecule has 0 aliphatic carbocycles. The van der Waals surface area contributed by atoms with Crippen molar-refractivity contribution in [3.05, 3.63) is 58.1 Å². The molecule has 1 heterocycles. The predicted molar refractivity (Wildman–Crippen MR) is 132 cm³/mol. The van der Waals surface area contributed by atoms with Crippen molar-refractivity contribution in [2.75, 3.05) is 10.2 Å². The lowest BCUT2D eigenvalue weighted by atomic mass is 10.1. The number of amides is 3. The third-order valence-electron chi connectivity index (χ3n) is 5.74. The number of rotatable bonds is 12. The zero-order valence-corrected chi connectivity index (χ0v) is 20.2. The summed E-state index contributed by atoms with van der Waals surface area (Å²) in [6.45, 7) is 2.23. The maximum atomic E-state index is 12.8. The van der Waals surface area contributed by atoms with E-state index in [0.717, 1.165) is 22.2 Å². The molecule has 3 amide bonds. The fourth-order valence-electron chi connectivity index (χ4n) is 3.99. The SMILES string of the molecule is CCCCCCCCCCCC(=O)Nc1cccc(N2C(=O)c3ccc(Br)cc3C2=O)c1. The first kappa shape index (κ1) is 24.2. The van der Waals surface area contributed by atoms with E-state index < -0.39 is 0 Å². The number of hydrogen-bond donors (Lipinski definition) is 1. The summed E-state index contributed by atoms with van der Waals surface area (Å²) < 4.78 is 0.747. The summed E-state index contributed by atoms with van der Waals surface area (Å²) in [6.07, 6.45) is 11.3. The van der Waals surface area contributed by atoms with E-state index in [1.54, 1.807) is 42.5 Å². The first-order valence-electron chi connectivity index (χ1n) is 11.6. The van der Waals surface area contributed by atoms with Gasteiger partial charge in [-0.1, -0.05) is 80.3 Å². The number of carbonyl (C=O) groups excluding carboxylic acids is 3. The molecule has 0 spiro atoms. The van der Waals surface area contributed by atoms with Gasteiger partial charge in [0.25, 0.3) is 11.8 Å². The van der Waals surface area contributed by atoms with E-state index in [2.05, 4.69) is 28.2 Å². The van der Waals surface area contributed by atoms with Crippen LogP contribution >= 0.6 is 15.9 Å². The molecule has 6 heteroatoms. The van der Waals surface area contributed by atoms with Crippen LogP contribution in [0, 0.1) is 0 Å². The molecule has 0 fully saturated rings. The van der Waals surface area contributed by atoms with Crippen LogP contribution < -0.4 is 10.2 Å². The molecular formula is C26H31BrN2O3. The van der Waals surface area contributed by atoms with Gasteiger partial charge in [-0.2, -0.15) is 0 Å². The summed E-state index contributed by atoms with van der Waals surface area (Å²) in [5, 5.41) is 2.90. The molecule has 0 bridgehead atoms. The number of anilines is 2. The third kappa shape index (κ3) is 6.28. The summed E-state index contributed by atoms with van der Waals surface area (Å²) >= 11 is 3.34. The molecule has 170 valence electrons. The van der Waals surface area contributed by atoms with Crippen molar-refractivity contribution in [3.63, 3.8) is 0 Å². The van der Waals surface area contributed by atoms with Crippen LogP contribution in [0.15, 0.2) is 46.9 Å². The molecule has 1 N–H and O–H groups in total. The molecule has 0 saturated carbocycles. The average Bonchev–Trinajstić information content (AvgIpc) is 3.02. The zero-order valence-electron chi connectivity index (χ0n) is 18.7. The predicted octanol–water partition coefficient (Wildman–Crippen LogP) is 7.11. The maximum absolute atomic E-state index is 12.8. The summed E-state index contributed by atoms with van der Waals surface area (Å²) in [7, 11) is 0. The van der Waals surface area contributed by atoms with Gasteiger partial charge in [0.2, 0.25) is 5.91 Å². The van der Waals surface area contributed by atoms with Crippen LogP contribution in [-0.4, -0.2) is 17.7 Å². The second kappa shape index (κ2) is 12.0. The van der Waals surface area contributed by atoms with Crippen molar-refractivity contribution >= 4 is 45.0 Å². The molecule has 5 nitrogen and oxygen atoms in total. The van der Waals surface area contributed by atoms with Gasteiger partial charge in [0.15, 0.2) is 0 Å². The van der Waals surface area contributed by atoms with Crippen molar-refractivity contribution in [2.24, 2.45) is 0 Å². The lowest BCUT2D eigenvalue weighted by Gasteiger charge is -2.15. The molecule has 2 aromatic rings. The normalized spacial score (nSPS) is 12.9. The summed E-state index contributed by atoms with van der Waals surface area (Å²) in [5.41, 5.74) is 1.80. The topological polar surface area (TPSA) is 66.5 Å². The minimum Gasteiger partial charge on any atom is -0.326 e. The van der Waals surface area contributed by atoms with Crippen LogP contribution in [0.1, 0.15) is 91.8 Å². The van der Waals surface area contributed by atoms with Crippen LogP contribution in [0.25, 0.3) is 0 Å². The maximum Gasteiger partial charge on any atom is 0.266 e. The Labute approximate surface area is 198 Å². The van der Waals surface area contributed by atoms with Gasteiger partial charge in [-0.3, -0.25) is 14.4 Å². The number of imide groups is 1. The molecular weight excluding hydrogens is 468 g/mol. The molecule has 0 unspecified atom stereocenters. The molecule has 32 heavy (non-hydrogen) atoms. The Bertz CT molecular complexity index is 973. The Hall–Kier alpha value is -2.47. The van der Waals surface area contributed by atoms with Crippen molar-refractivity contribution in [2.45, 2.75) is 71.1 Å². The molecule has 0 saturated heterocycles. The Kier molecular flexibility index (Phi) is 9.03. The molecule has 3 rings (SSSR count). The van der Waals surface area contributed by atoms with E-state index in [1.165, 1.54) is 44.9 Å². The molecule has 1 aliphatic heterocycles. The first-order valence-corrected chi connectivity index (χ1v) is 12.4. The largest absolute Gasteiger partial charge is 0.326 e. The smallest absolute Gasteiger partial charge is 0.266 e. The number of nitrogens with zero attached hydrogens (tertiary/aromatic N) is 1. The first-order chi connectivity index (χ1) is 15.5. The van der Waals surface area contributed by atoms with Crippen LogP contribution in [0.4, 0.5) is 11.4 Å². The van der Waals surface area contributed by atoms with Crippen molar-refractivity contribution < 1.29 is 14.4 Å². The van der Waals surface area contributed by atoms with Gasteiger partial charge in [-0.05, 0) is 42.8 Å². The highest BCUT2D eigenvalue weighted by atomic mass is 79.9. The Balaban J connectivity index is 1.48. The van der Waals surface area contributed by atoms with Gasteiger partial charge in [0, 0.05) is 16.6 Å². The highest BCUT2D eigenvalue weighted by Gasteiger charge is 2.36. The van der Waals surface area contributed by atoms with Crippen LogP contribution in [-0.2, 0) is 4.79 Å². The Morgan fingerprint density at radius 1 is 0.844 bits per heavy atom. The van der Waals surface area contributed by atoms with E-state index in [1.807, 2.05) is 0 Å². The Morgan fingerprint density at radius 2 is 1.50 bits per heavy atom. The number of benzene rings is 2. The van der Waals surface area contributed by atoms with Crippen LogP contribution in [0.3, 0.4) is 0 Å². The minimum atomic E-state index is -0.357. The van der Waals surface area contributed by atoms with Crippen LogP contribution in [0.2, 0.25) is 0 Å². The molecule has 0 atom stereocenters. The van der Waals surface area contributed by atoms with Crippen LogP contribution in [0.5, 0.6) is 0 Å². The van der Waals surface area contributed by atoms with E-state index in [0.29, 0.717) is 28.9 Å². The fourth-order valence-corrected chi connectivity index (χ4v) is 4.35. The Morgan fingerprint density at radius 3 is 2.22 bits per heavy atom. The number of halogens is 1. The van der Waals surface area contributed by atoms with Gasteiger partial charge >= 0.3 is 0 Å². The summed E-state index contributed by atoms with van der Waals surface area (Å²) in [6, 6.07) is 11.9. The standard InChI is InChI=1S/C26H31BrN2O3/c1-2-3-4-5-6-7-8-9-10-14-24(30)28-20-12-11-13-21(18-20)29-25(31)22-16-15-19(27)17-23(22)26(29)32/h11-13,15-18H,2-10,14H2,1H3,(H,28,30). The lowest BCUT2D eigenvalue weighted by molar-refractivity contribution is -0.116. The number of fused-ring (bicyclic) bond motifs is 1. The number of hydrogen-bond acceptors (Lipinski definition) is 3. The second-order valence-electron chi connectivity index (χ2n) is 8.31. The van der Waals surface area contributed by atoms with E-state index in [-0.39, 0.29) is 17.7 Å². The van der Waals surface area contributed by atoms with Gasteiger partial charge < -0.3 is 5.32 Å². The lowest BCUT2D eigenvalue weighted by Crippen LogP contribution is -2.29. The van der Waals surface area contributed by atoms with E-state index >= 15 is 0 Å². The average molecular weight is 499 g/mol. The van der Waals surface area contributed by atoms with Crippen molar-refractivity contribution in [1.29, 1.82) is 0 Å². The number of carbonyl (C=O) groups is 3. The second-order valence-corrected chi connectivity index (χ2v) is 9.23. The molecule has 0 radical (unpaired) electrons. The quantitative estimate of drug-likeness (QED) is 0.250. The highest BCUT2D eigenvalue weighted by Crippen LogP contribution is 2.31. The minimum absolute atomic E-state index is 0.0450. The third-order valence-corrected chi connectivity index (χ3v) is 6.24. The monoisotopic (exact) mass is 498 g/mol. The summed E-state index contributed by atoms with van der Waals surface area (Å²) in [5.74, 6) is -0.753. The van der Waals surface area contributed by atoms with Crippen molar-refractivity contribution in [3.8, 4) is 0 Å².